The van der Waals surface area contributed by atoms with E-state index < -0.39 is 27.8 Å². The molecule has 190 valence electrons. The van der Waals surface area contributed by atoms with Crippen LogP contribution >= 0.6 is 15.9 Å². The standard InChI is InChI=1S/C24H25BrFN5O4S/c25-17-5-3-16(4-6-17)21-14-19(29-24(30-21)27-11-13-32)15-28-23(33)22-2-1-12-31(22)36(34,35)20-9-7-18(26)8-10-20/h3-10,14,22,32H,1-2,11-13,15H2,(H,28,33)(H,27,29,30)/t22-/m0/s1. The van der Waals surface area contributed by atoms with Gasteiger partial charge in [-0.15, -0.1) is 0 Å². The summed E-state index contributed by atoms with van der Waals surface area (Å²) in [6, 6.07) is 13.0. The lowest BCUT2D eigenvalue weighted by molar-refractivity contribution is -0.124. The number of aliphatic hydroxyl groups excluding tert-OH is 1. The number of nitrogens with one attached hydrogen (secondary N) is 2. The van der Waals surface area contributed by atoms with Crippen molar-refractivity contribution in [3.05, 3.63) is 70.6 Å². The summed E-state index contributed by atoms with van der Waals surface area (Å²) in [5, 5.41) is 14.9. The van der Waals surface area contributed by atoms with Crippen LogP contribution in [0.2, 0.25) is 0 Å². The number of amides is 1. The number of aliphatic hydroxyl groups is 1. The van der Waals surface area contributed by atoms with Gasteiger partial charge in [0.15, 0.2) is 0 Å². The molecule has 0 spiro atoms. The molecule has 0 bridgehead atoms. The van der Waals surface area contributed by atoms with Gasteiger partial charge in [-0.1, -0.05) is 28.1 Å². The largest absolute Gasteiger partial charge is 0.395 e. The Balaban J connectivity index is 1.51. The average Bonchev–Trinajstić information content (AvgIpc) is 3.38. The first kappa shape index (κ1) is 26.1. The van der Waals surface area contributed by atoms with Gasteiger partial charge in [-0.05, 0) is 55.3 Å². The van der Waals surface area contributed by atoms with E-state index in [0.29, 0.717) is 30.2 Å². The third kappa shape index (κ3) is 6.06. The molecule has 9 nitrogen and oxygen atoms in total. The summed E-state index contributed by atoms with van der Waals surface area (Å²) in [7, 11) is -3.95. The number of carbonyl (C=O) groups is 1. The number of aromatic nitrogens is 2. The summed E-state index contributed by atoms with van der Waals surface area (Å²) in [6.07, 6.45) is 0.915. The van der Waals surface area contributed by atoms with Gasteiger partial charge in [0.05, 0.1) is 29.4 Å². The SMILES string of the molecule is O=C(NCc1cc(-c2ccc(Br)cc2)nc(NCCO)n1)[C@@H]1CCCN1S(=O)(=O)c1ccc(F)cc1. The second-order valence-electron chi connectivity index (χ2n) is 8.17. The van der Waals surface area contributed by atoms with E-state index >= 15 is 0 Å². The van der Waals surface area contributed by atoms with Crippen molar-refractivity contribution in [1.82, 2.24) is 19.6 Å². The highest BCUT2D eigenvalue weighted by Crippen LogP contribution is 2.27. The van der Waals surface area contributed by atoms with Crippen LogP contribution < -0.4 is 10.6 Å². The van der Waals surface area contributed by atoms with Crippen LogP contribution in [0.5, 0.6) is 0 Å². The molecule has 0 saturated carbocycles. The maximum atomic E-state index is 13.3. The maximum Gasteiger partial charge on any atom is 0.243 e. The zero-order valence-electron chi connectivity index (χ0n) is 19.2. The molecule has 1 saturated heterocycles. The molecule has 36 heavy (non-hydrogen) atoms. The zero-order valence-corrected chi connectivity index (χ0v) is 21.6. The number of benzene rings is 2. The smallest absolute Gasteiger partial charge is 0.243 e. The Hall–Kier alpha value is -2.93. The lowest BCUT2D eigenvalue weighted by Crippen LogP contribution is -2.45. The van der Waals surface area contributed by atoms with Crippen molar-refractivity contribution in [3.8, 4) is 11.3 Å². The molecule has 4 rings (SSSR count). The van der Waals surface area contributed by atoms with Crippen molar-refractivity contribution < 1.29 is 22.7 Å². The Morgan fingerprint density at radius 3 is 2.56 bits per heavy atom. The van der Waals surface area contributed by atoms with Gasteiger partial charge >= 0.3 is 0 Å². The molecule has 0 unspecified atom stereocenters. The van der Waals surface area contributed by atoms with Gasteiger partial charge in [-0.25, -0.2) is 22.8 Å². The van der Waals surface area contributed by atoms with Gasteiger partial charge in [0.1, 0.15) is 11.9 Å². The fourth-order valence-corrected chi connectivity index (χ4v) is 5.85. The highest BCUT2D eigenvalue weighted by Gasteiger charge is 2.39. The fraction of sp³-hybridized carbons (Fsp3) is 0.292. The first-order valence-corrected chi connectivity index (χ1v) is 13.5. The number of rotatable bonds is 9. The number of nitrogens with zero attached hydrogens (tertiary/aromatic N) is 3. The molecule has 3 N–H and O–H groups in total. The number of halogens is 2. The predicted octanol–water partition coefficient (Wildman–Crippen LogP) is 2.92. The Morgan fingerprint density at radius 2 is 1.86 bits per heavy atom. The molecule has 2 aromatic carbocycles. The van der Waals surface area contributed by atoms with E-state index in [-0.39, 0.29) is 31.1 Å². The quantitative estimate of drug-likeness (QED) is 0.357. The monoisotopic (exact) mass is 577 g/mol. The number of hydrogen-bond acceptors (Lipinski definition) is 7. The van der Waals surface area contributed by atoms with Crippen molar-refractivity contribution in [2.45, 2.75) is 30.3 Å². The van der Waals surface area contributed by atoms with Crippen molar-refractivity contribution in [2.75, 3.05) is 25.0 Å². The molecule has 0 aliphatic carbocycles. The topological polar surface area (TPSA) is 125 Å². The minimum absolute atomic E-state index is 0.0552. The van der Waals surface area contributed by atoms with E-state index in [9.17, 15) is 17.6 Å². The van der Waals surface area contributed by atoms with Crippen LogP contribution in [-0.2, 0) is 21.4 Å². The number of carbonyl (C=O) groups excluding carboxylic acids is 1. The van der Waals surface area contributed by atoms with E-state index in [2.05, 4.69) is 36.5 Å². The normalized spacial score (nSPS) is 16.1. The summed E-state index contributed by atoms with van der Waals surface area (Å²) in [6.45, 7) is 0.416. The number of hydrogen-bond donors (Lipinski definition) is 3. The van der Waals surface area contributed by atoms with E-state index in [1.807, 2.05) is 24.3 Å². The third-order valence-electron chi connectivity index (χ3n) is 5.68. The molecule has 0 radical (unpaired) electrons. The summed E-state index contributed by atoms with van der Waals surface area (Å²) in [4.78, 5) is 21.9. The predicted molar refractivity (Wildman–Crippen MR) is 136 cm³/mol. The molecule has 1 aromatic heterocycles. The third-order valence-corrected chi connectivity index (χ3v) is 8.14. The number of sulfonamides is 1. The summed E-state index contributed by atoms with van der Waals surface area (Å²) in [5.41, 5.74) is 1.99. The summed E-state index contributed by atoms with van der Waals surface area (Å²) in [5.74, 6) is -0.674. The first-order chi connectivity index (χ1) is 17.3. The number of anilines is 1. The van der Waals surface area contributed by atoms with E-state index in [4.69, 9.17) is 5.11 Å². The van der Waals surface area contributed by atoms with Crippen LogP contribution in [0.4, 0.5) is 10.3 Å². The van der Waals surface area contributed by atoms with Gasteiger partial charge in [-0.3, -0.25) is 4.79 Å². The highest BCUT2D eigenvalue weighted by atomic mass is 79.9. The average molecular weight is 578 g/mol. The molecule has 1 amide bonds. The van der Waals surface area contributed by atoms with Crippen LogP contribution in [0, 0.1) is 5.82 Å². The highest BCUT2D eigenvalue weighted by molar-refractivity contribution is 9.10. The van der Waals surface area contributed by atoms with Crippen molar-refractivity contribution >= 4 is 37.8 Å². The first-order valence-electron chi connectivity index (χ1n) is 11.3. The zero-order chi connectivity index (χ0) is 25.7. The van der Waals surface area contributed by atoms with Gasteiger partial charge < -0.3 is 15.7 Å². The Kier molecular flexibility index (Phi) is 8.29. The van der Waals surface area contributed by atoms with Crippen LogP contribution in [0.3, 0.4) is 0 Å². The van der Waals surface area contributed by atoms with E-state index in [1.54, 1.807) is 6.07 Å². The van der Waals surface area contributed by atoms with Crippen LogP contribution in [0.25, 0.3) is 11.3 Å². The van der Waals surface area contributed by atoms with Gasteiger partial charge in [-0.2, -0.15) is 4.31 Å². The maximum absolute atomic E-state index is 13.3. The van der Waals surface area contributed by atoms with Gasteiger partial charge in [0.2, 0.25) is 21.9 Å². The lowest BCUT2D eigenvalue weighted by Gasteiger charge is -2.23. The van der Waals surface area contributed by atoms with Crippen LogP contribution in [0.15, 0.2) is 64.0 Å². The molecule has 12 heteroatoms. The van der Waals surface area contributed by atoms with Crippen molar-refractivity contribution in [3.63, 3.8) is 0 Å². The fourth-order valence-electron chi connectivity index (χ4n) is 3.93. The molecular weight excluding hydrogens is 553 g/mol. The minimum atomic E-state index is -3.95. The second-order valence-corrected chi connectivity index (χ2v) is 11.0. The molecule has 3 aromatic rings. The van der Waals surface area contributed by atoms with E-state index in [1.165, 1.54) is 12.1 Å². The minimum Gasteiger partial charge on any atom is -0.395 e. The molecule has 1 atom stereocenters. The molecule has 1 fully saturated rings. The van der Waals surface area contributed by atoms with Gasteiger partial charge in [0.25, 0.3) is 0 Å². The van der Waals surface area contributed by atoms with Crippen molar-refractivity contribution in [2.24, 2.45) is 0 Å². The Labute approximate surface area is 217 Å². The molecular formula is C24H25BrFN5O4S. The Bertz CT molecular complexity index is 1320. The van der Waals surface area contributed by atoms with Crippen LogP contribution in [-0.4, -0.2) is 59.4 Å². The lowest BCUT2D eigenvalue weighted by atomic mass is 10.1. The van der Waals surface area contributed by atoms with Gasteiger partial charge in [0, 0.05) is 23.1 Å². The van der Waals surface area contributed by atoms with E-state index in [0.717, 1.165) is 26.5 Å². The second kappa shape index (κ2) is 11.4. The molecule has 2 heterocycles. The molecule has 1 aliphatic heterocycles. The summed E-state index contributed by atoms with van der Waals surface area (Å²) >= 11 is 3.41. The summed E-state index contributed by atoms with van der Waals surface area (Å²) < 4.78 is 41.5. The Morgan fingerprint density at radius 1 is 1.14 bits per heavy atom. The molecule has 1 aliphatic rings. The van der Waals surface area contributed by atoms with Crippen molar-refractivity contribution in [1.29, 1.82) is 0 Å². The van der Waals surface area contributed by atoms with Crippen LogP contribution in [0.1, 0.15) is 18.5 Å².